The van der Waals surface area contributed by atoms with Crippen LogP contribution in [0.25, 0.3) is 0 Å². The van der Waals surface area contributed by atoms with E-state index in [9.17, 15) is 4.79 Å². The number of benzene rings is 1. The summed E-state index contributed by atoms with van der Waals surface area (Å²) in [5.41, 5.74) is 3.14. The van der Waals surface area contributed by atoms with Crippen molar-refractivity contribution in [1.82, 2.24) is 14.8 Å². The van der Waals surface area contributed by atoms with Crippen molar-refractivity contribution >= 4 is 23.4 Å². The minimum Gasteiger partial charge on any atom is -0.325 e. The molecule has 1 aromatic heterocycles. The zero-order chi connectivity index (χ0) is 14.8. The Kier molecular flexibility index (Phi) is 3.96. The highest BCUT2D eigenvalue weighted by Crippen LogP contribution is 2.37. The van der Waals surface area contributed by atoms with E-state index in [1.807, 2.05) is 26.0 Å². The fraction of sp³-hybridized carbons (Fsp3) is 0.400. The standard InChI is InChI=1S/C15H18N4OS/c1-10-5-11(2)7-12(6-10)17-14(20)8-21-15-18-16-9-19(15)13-3-4-13/h5-7,9,13H,3-4,8H2,1-2H3,(H,17,20). The summed E-state index contributed by atoms with van der Waals surface area (Å²) in [6, 6.07) is 6.57. The van der Waals surface area contributed by atoms with Gasteiger partial charge in [0, 0.05) is 11.7 Å². The van der Waals surface area contributed by atoms with Gasteiger partial charge in [-0.05, 0) is 49.9 Å². The van der Waals surface area contributed by atoms with Crippen molar-refractivity contribution in [3.8, 4) is 0 Å². The molecule has 0 radical (unpaired) electrons. The minimum atomic E-state index is -0.0182. The second-order valence-electron chi connectivity index (χ2n) is 5.47. The number of hydrogen-bond donors (Lipinski definition) is 1. The van der Waals surface area contributed by atoms with Crippen molar-refractivity contribution in [3.05, 3.63) is 35.7 Å². The predicted molar refractivity (Wildman–Crippen MR) is 83.6 cm³/mol. The first kappa shape index (κ1) is 14.1. The van der Waals surface area contributed by atoms with Gasteiger partial charge in [0.2, 0.25) is 5.91 Å². The third kappa shape index (κ3) is 3.64. The summed E-state index contributed by atoms with van der Waals surface area (Å²) in [4.78, 5) is 12.0. The number of aryl methyl sites for hydroxylation is 2. The number of amides is 1. The van der Waals surface area contributed by atoms with Crippen molar-refractivity contribution in [2.24, 2.45) is 0 Å². The van der Waals surface area contributed by atoms with Crippen LogP contribution < -0.4 is 5.32 Å². The van der Waals surface area contributed by atoms with Crippen LogP contribution in [0.3, 0.4) is 0 Å². The van der Waals surface area contributed by atoms with Crippen LogP contribution >= 0.6 is 11.8 Å². The summed E-state index contributed by atoms with van der Waals surface area (Å²) in [5, 5.41) is 11.8. The van der Waals surface area contributed by atoms with E-state index in [4.69, 9.17) is 0 Å². The molecule has 0 aliphatic heterocycles. The monoisotopic (exact) mass is 302 g/mol. The second-order valence-corrected chi connectivity index (χ2v) is 6.41. The number of carbonyl (C=O) groups is 1. The third-order valence-corrected chi connectivity index (χ3v) is 4.28. The Morgan fingerprint density at radius 3 is 2.71 bits per heavy atom. The van der Waals surface area contributed by atoms with Crippen LogP contribution in [0, 0.1) is 13.8 Å². The van der Waals surface area contributed by atoms with Crippen LogP contribution in [0.2, 0.25) is 0 Å². The average Bonchev–Trinajstić information content (AvgIpc) is 3.14. The van der Waals surface area contributed by atoms with Crippen LogP contribution in [0.5, 0.6) is 0 Å². The van der Waals surface area contributed by atoms with Gasteiger partial charge >= 0.3 is 0 Å². The zero-order valence-corrected chi connectivity index (χ0v) is 13.0. The highest BCUT2D eigenvalue weighted by Gasteiger charge is 2.26. The lowest BCUT2D eigenvalue weighted by Crippen LogP contribution is -2.14. The van der Waals surface area contributed by atoms with Gasteiger partial charge in [0.15, 0.2) is 5.16 Å². The quantitative estimate of drug-likeness (QED) is 0.863. The molecule has 0 spiro atoms. The maximum atomic E-state index is 12.0. The summed E-state index contributed by atoms with van der Waals surface area (Å²) < 4.78 is 2.06. The maximum Gasteiger partial charge on any atom is 0.234 e. The molecule has 3 rings (SSSR count). The Bertz CT molecular complexity index is 643. The van der Waals surface area contributed by atoms with E-state index in [0.717, 1.165) is 22.0 Å². The van der Waals surface area contributed by atoms with Gasteiger partial charge < -0.3 is 9.88 Å². The molecule has 0 bridgehead atoms. The molecule has 1 heterocycles. The fourth-order valence-electron chi connectivity index (χ4n) is 2.31. The lowest BCUT2D eigenvalue weighted by Gasteiger charge is -2.08. The Morgan fingerprint density at radius 1 is 1.33 bits per heavy atom. The first-order chi connectivity index (χ1) is 10.1. The number of anilines is 1. The van der Waals surface area contributed by atoms with Crippen molar-refractivity contribution in [3.63, 3.8) is 0 Å². The zero-order valence-electron chi connectivity index (χ0n) is 12.2. The molecule has 110 valence electrons. The molecule has 1 amide bonds. The number of thioether (sulfide) groups is 1. The number of rotatable bonds is 5. The van der Waals surface area contributed by atoms with E-state index < -0.39 is 0 Å². The molecule has 2 aromatic rings. The molecule has 6 heteroatoms. The number of carbonyl (C=O) groups excluding carboxylic acids is 1. The Balaban J connectivity index is 1.57. The molecule has 1 fully saturated rings. The molecule has 1 saturated carbocycles. The number of hydrogen-bond acceptors (Lipinski definition) is 4. The van der Waals surface area contributed by atoms with E-state index >= 15 is 0 Å². The van der Waals surface area contributed by atoms with E-state index in [0.29, 0.717) is 11.8 Å². The maximum absolute atomic E-state index is 12.0. The molecule has 21 heavy (non-hydrogen) atoms. The van der Waals surface area contributed by atoms with E-state index in [-0.39, 0.29) is 5.91 Å². The minimum absolute atomic E-state index is 0.0182. The molecule has 1 aliphatic rings. The van der Waals surface area contributed by atoms with Gasteiger partial charge in [0.1, 0.15) is 6.33 Å². The number of nitrogens with zero attached hydrogens (tertiary/aromatic N) is 3. The lowest BCUT2D eigenvalue weighted by molar-refractivity contribution is -0.113. The van der Waals surface area contributed by atoms with Crippen LogP contribution in [-0.2, 0) is 4.79 Å². The molecular formula is C15H18N4OS. The first-order valence-electron chi connectivity index (χ1n) is 7.02. The van der Waals surface area contributed by atoms with Crippen LogP contribution in [0.1, 0.15) is 30.0 Å². The largest absolute Gasteiger partial charge is 0.325 e. The van der Waals surface area contributed by atoms with E-state index in [1.54, 1.807) is 6.33 Å². The Hall–Kier alpha value is -1.82. The van der Waals surface area contributed by atoms with Crippen LogP contribution in [0.4, 0.5) is 5.69 Å². The number of aromatic nitrogens is 3. The van der Waals surface area contributed by atoms with E-state index in [2.05, 4.69) is 26.1 Å². The van der Waals surface area contributed by atoms with Crippen molar-refractivity contribution in [2.75, 3.05) is 11.1 Å². The van der Waals surface area contributed by atoms with Gasteiger partial charge in [0.05, 0.1) is 5.75 Å². The summed E-state index contributed by atoms with van der Waals surface area (Å²) in [6.45, 7) is 4.05. The van der Waals surface area contributed by atoms with Crippen LogP contribution in [-0.4, -0.2) is 26.4 Å². The highest BCUT2D eigenvalue weighted by atomic mass is 32.2. The summed E-state index contributed by atoms with van der Waals surface area (Å²) >= 11 is 1.44. The van der Waals surface area contributed by atoms with Crippen molar-refractivity contribution in [1.29, 1.82) is 0 Å². The molecule has 1 aliphatic carbocycles. The molecular weight excluding hydrogens is 284 g/mol. The van der Waals surface area contributed by atoms with Gasteiger partial charge in [-0.25, -0.2) is 0 Å². The molecule has 1 aromatic carbocycles. The van der Waals surface area contributed by atoms with Gasteiger partial charge in [0.25, 0.3) is 0 Å². The average molecular weight is 302 g/mol. The summed E-state index contributed by atoms with van der Waals surface area (Å²) in [6.07, 6.45) is 4.11. The van der Waals surface area contributed by atoms with Gasteiger partial charge in [-0.3, -0.25) is 4.79 Å². The van der Waals surface area contributed by atoms with Gasteiger partial charge in [-0.2, -0.15) is 0 Å². The first-order valence-corrected chi connectivity index (χ1v) is 8.01. The van der Waals surface area contributed by atoms with Crippen molar-refractivity contribution < 1.29 is 4.79 Å². The van der Waals surface area contributed by atoms with Crippen molar-refractivity contribution in [2.45, 2.75) is 37.9 Å². The molecule has 0 unspecified atom stereocenters. The van der Waals surface area contributed by atoms with Crippen LogP contribution in [0.15, 0.2) is 29.7 Å². The van der Waals surface area contributed by atoms with Gasteiger partial charge in [-0.1, -0.05) is 17.8 Å². The SMILES string of the molecule is Cc1cc(C)cc(NC(=O)CSc2nncn2C2CC2)c1. The molecule has 0 atom stereocenters. The Labute approximate surface area is 128 Å². The predicted octanol–water partition coefficient (Wildman–Crippen LogP) is 2.96. The summed E-state index contributed by atoms with van der Waals surface area (Å²) in [7, 11) is 0. The smallest absolute Gasteiger partial charge is 0.234 e. The topological polar surface area (TPSA) is 59.8 Å². The summed E-state index contributed by atoms with van der Waals surface area (Å²) in [5.74, 6) is 0.327. The molecule has 5 nitrogen and oxygen atoms in total. The normalized spacial score (nSPS) is 14.2. The molecule has 1 N–H and O–H groups in total. The number of nitrogens with one attached hydrogen (secondary N) is 1. The lowest BCUT2D eigenvalue weighted by atomic mass is 10.1. The third-order valence-electron chi connectivity index (χ3n) is 3.32. The Morgan fingerprint density at radius 2 is 2.05 bits per heavy atom. The fourth-order valence-corrected chi connectivity index (χ4v) is 3.09. The highest BCUT2D eigenvalue weighted by molar-refractivity contribution is 7.99. The van der Waals surface area contributed by atoms with Gasteiger partial charge in [-0.15, -0.1) is 10.2 Å². The molecule has 0 saturated heterocycles. The second kappa shape index (κ2) is 5.89. The van der Waals surface area contributed by atoms with E-state index in [1.165, 1.54) is 24.6 Å².